The fraction of sp³-hybridized carbons (Fsp3) is 0.455. The molecule has 112 valence electrons. The van der Waals surface area contributed by atoms with Crippen LogP contribution >= 0.6 is 27.5 Å². The molecule has 0 atom stereocenters. The number of rotatable bonds is 7. The number of nitrogens with one attached hydrogen (secondary N) is 2. The molecule has 0 aliphatic rings. The third-order valence-electron chi connectivity index (χ3n) is 2.28. The monoisotopic (exact) mass is 383 g/mol. The van der Waals surface area contributed by atoms with E-state index in [1.807, 2.05) is 6.92 Å². The Morgan fingerprint density at radius 1 is 1.45 bits per heavy atom. The van der Waals surface area contributed by atoms with Crippen LogP contribution in [0.25, 0.3) is 0 Å². The van der Waals surface area contributed by atoms with Crippen LogP contribution in [0.2, 0.25) is 5.15 Å². The summed E-state index contributed by atoms with van der Waals surface area (Å²) in [6.07, 6.45) is 2.30. The predicted octanol–water partition coefficient (Wildman–Crippen LogP) is 1.69. The molecule has 0 fully saturated rings. The topological polar surface area (TPSA) is 88.2 Å². The van der Waals surface area contributed by atoms with Crippen molar-refractivity contribution in [3.8, 4) is 0 Å². The van der Waals surface area contributed by atoms with Crippen LogP contribution in [0.3, 0.4) is 0 Å². The van der Waals surface area contributed by atoms with Crippen molar-refractivity contribution in [1.29, 1.82) is 0 Å². The van der Waals surface area contributed by atoms with Gasteiger partial charge in [-0.3, -0.25) is 4.79 Å². The molecule has 0 aliphatic carbocycles. The normalized spacial score (nSPS) is 11.3. The summed E-state index contributed by atoms with van der Waals surface area (Å²) in [7, 11) is -3.78. The van der Waals surface area contributed by atoms with E-state index in [0.717, 1.165) is 6.42 Å². The SMILES string of the molecule is CCCNC(=O)CCNS(=O)(=O)c1cc(Br)cnc1Cl. The summed E-state index contributed by atoms with van der Waals surface area (Å²) in [5.41, 5.74) is 0. The van der Waals surface area contributed by atoms with Gasteiger partial charge in [0.15, 0.2) is 0 Å². The van der Waals surface area contributed by atoms with Gasteiger partial charge in [-0.1, -0.05) is 18.5 Å². The molecule has 20 heavy (non-hydrogen) atoms. The Bertz CT molecular complexity index is 580. The van der Waals surface area contributed by atoms with Crippen LogP contribution in [0, 0.1) is 0 Å². The highest BCUT2D eigenvalue weighted by Crippen LogP contribution is 2.22. The fourth-order valence-corrected chi connectivity index (χ4v) is 3.30. The Morgan fingerprint density at radius 3 is 2.80 bits per heavy atom. The van der Waals surface area contributed by atoms with E-state index in [4.69, 9.17) is 11.6 Å². The predicted molar refractivity (Wildman–Crippen MR) is 80.1 cm³/mol. The van der Waals surface area contributed by atoms with E-state index in [0.29, 0.717) is 11.0 Å². The first-order chi connectivity index (χ1) is 9.36. The average Bonchev–Trinajstić information content (AvgIpc) is 2.38. The minimum absolute atomic E-state index is 0.000717. The van der Waals surface area contributed by atoms with Crippen LogP contribution < -0.4 is 10.0 Å². The van der Waals surface area contributed by atoms with E-state index in [1.54, 1.807) is 0 Å². The number of carbonyl (C=O) groups is 1. The fourth-order valence-electron chi connectivity index (χ4n) is 1.32. The molecule has 0 radical (unpaired) electrons. The van der Waals surface area contributed by atoms with Gasteiger partial charge >= 0.3 is 0 Å². The number of pyridine rings is 1. The molecule has 0 spiro atoms. The average molecular weight is 385 g/mol. The number of aromatic nitrogens is 1. The second-order valence-electron chi connectivity index (χ2n) is 3.94. The van der Waals surface area contributed by atoms with E-state index in [9.17, 15) is 13.2 Å². The first-order valence-corrected chi connectivity index (χ1v) is 8.59. The van der Waals surface area contributed by atoms with Crippen molar-refractivity contribution in [1.82, 2.24) is 15.0 Å². The number of hydrogen-bond acceptors (Lipinski definition) is 4. The summed E-state index contributed by atoms with van der Waals surface area (Å²) < 4.78 is 26.8. The van der Waals surface area contributed by atoms with Gasteiger partial charge in [0.05, 0.1) is 0 Å². The zero-order chi connectivity index (χ0) is 15.2. The maximum absolute atomic E-state index is 12.0. The lowest BCUT2D eigenvalue weighted by Gasteiger charge is -2.08. The van der Waals surface area contributed by atoms with Gasteiger partial charge in [-0.15, -0.1) is 0 Å². The second-order valence-corrected chi connectivity index (χ2v) is 6.95. The highest BCUT2D eigenvalue weighted by Gasteiger charge is 2.19. The lowest BCUT2D eigenvalue weighted by atomic mass is 10.4. The third kappa shape index (κ3) is 5.35. The van der Waals surface area contributed by atoms with E-state index in [1.165, 1.54) is 12.3 Å². The molecule has 1 heterocycles. The zero-order valence-corrected chi connectivity index (χ0v) is 14.0. The van der Waals surface area contributed by atoms with Crippen molar-refractivity contribution < 1.29 is 13.2 Å². The van der Waals surface area contributed by atoms with Crippen LogP contribution in [0.5, 0.6) is 0 Å². The summed E-state index contributed by atoms with van der Waals surface area (Å²) in [5, 5.41) is 2.54. The molecule has 1 rings (SSSR count). The molecule has 0 aromatic carbocycles. The lowest BCUT2D eigenvalue weighted by molar-refractivity contribution is -0.120. The minimum atomic E-state index is -3.78. The summed E-state index contributed by atoms with van der Waals surface area (Å²) in [4.78, 5) is 15.0. The number of amides is 1. The lowest BCUT2D eigenvalue weighted by Crippen LogP contribution is -2.31. The molecule has 0 saturated carbocycles. The summed E-state index contributed by atoms with van der Waals surface area (Å²) in [6.45, 7) is 2.51. The Kier molecular flexibility index (Phi) is 6.87. The van der Waals surface area contributed by atoms with E-state index in [2.05, 4.69) is 31.0 Å². The van der Waals surface area contributed by atoms with Crippen LogP contribution in [-0.2, 0) is 14.8 Å². The van der Waals surface area contributed by atoms with Gasteiger partial charge in [-0.25, -0.2) is 18.1 Å². The molecule has 1 amide bonds. The summed E-state index contributed by atoms with van der Waals surface area (Å²) in [6, 6.07) is 1.36. The van der Waals surface area contributed by atoms with Crippen molar-refractivity contribution in [3.63, 3.8) is 0 Å². The molecule has 2 N–H and O–H groups in total. The first kappa shape index (κ1) is 17.4. The first-order valence-electron chi connectivity index (χ1n) is 5.94. The molecule has 0 bridgehead atoms. The van der Waals surface area contributed by atoms with Crippen molar-refractivity contribution in [2.45, 2.75) is 24.7 Å². The number of carbonyl (C=O) groups excluding carboxylic acids is 1. The van der Waals surface area contributed by atoms with Gasteiger partial charge in [0.2, 0.25) is 15.9 Å². The Labute approximate surface area is 131 Å². The van der Waals surface area contributed by atoms with Gasteiger partial charge in [0.1, 0.15) is 10.0 Å². The molecule has 0 saturated heterocycles. The van der Waals surface area contributed by atoms with Gasteiger partial charge in [-0.05, 0) is 28.4 Å². The smallest absolute Gasteiger partial charge is 0.243 e. The van der Waals surface area contributed by atoms with Gasteiger partial charge in [0.25, 0.3) is 0 Å². The second kappa shape index (κ2) is 7.92. The highest BCUT2D eigenvalue weighted by molar-refractivity contribution is 9.10. The Balaban J connectivity index is 2.62. The molecular weight excluding hydrogens is 370 g/mol. The van der Waals surface area contributed by atoms with Crippen LogP contribution in [0.4, 0.5) is 0 Å². The van der Waals surface area contributed by atoms with Gasteiger partial charge < -0.3 is 5.32 Å². The Morgan fingerprint density at radius 2 is 2.15 bits per heavy atom. The van der Waals surface area contributed by atoms with Crippen LogP contribution in [0.1, 0.15) is 19.8 Å². The van der Waals surface area contributed by atoms with Crippen molar-refractivity contribution in [3.05, 3.63) is 21.9 Å². The number of hydrogen-bond donors (Lipinski definition) is 2. The molecule has 9 heteroatoms. The minimum Gasteiger partial charge on any atom is -0.356 e. The maximum atomic E-state index is 12.0. The van der Waals surface area contributed by atoms with Crippen molar-refractivity contribution >= 4 is 43.5 Å². The van der Waals surface area contributed by atoms with E-state index >= 15 is 0 Å². The quantitative estimate of drug-likeness (QED) is 0.700. The zero-order valence-electron chi connectivity index (χ0n) is 10.8. The molecule has 1 aromatic rings. The number of nitrogens with zero attached hydrogens (tertiary/aromatic N) is 1. The van der Waals surface area contributed by atoms with Crippen LogP contribution in [-0.4, -0.2) is 32.4 Å². The van der Waals surface area contributed by atoms with Crippen LogP contribution in [0.15, 0.2) is 21.6 Å². The van der Waals surface area contributed by atoms with Crippen molar-refractivity contribution in [2.24, 2.45) is 0 Å². The Hall–Kier alpha value is -0.700. The number of sulfonamides is 1. The standard InChI is InChI=1S/C11H15BrClN3O3S/c1-2-4-14-10(17)3-5-16-20(18,19)9-6-8(12)7-15-11(9)13/h6-7,16H,2-5H2,1H3,(H,14,17). The van der Waals surface area contributed by atoms with Crippen molar-refractivity contribution in [2.75, 3.05) is 13.1 Å². The highest BCUT2D eigenvalue weighted by atomic mass is 79.9. The molecule has 1 aromatic heterocycles. The van der Waals surface area contributed by atoms with Gasteiger partial charge in [0, 0.05) is 30.2 Å². The maximum Gasteiger partial charge on any atom is 0.243 e. The molecule has 0 aliphatic heterocycles. The van der Waals surface area contributed by atoms with E-state index < -0.39 is 10.0 Å². The van der Waals surface area contributed by atoms with E-state index in [-0.39, 0.29) is 28.9 Å². The largest absolute Gasteiger partial charge is 0.356 e. The summed E-state index contributed by atoms with van der Waals surface area (Å²) in [5.74, 6) is -0.201. The van der Waals surface area contributed by atoms with Gasteiger partial charge in [-0.2, -0.15) is 0 Å². The molecular formula is C11H15BrClN3O3S. The molecule has 6 nitrogen and oxygen atoms in total. The third-order valence-corrected chi connectivity index (χ3v) is 4.60. The molecule has 0 unspecified atom stereocenters. The number of halogens is 2. The summed E-state index contributed by atoms with van der Waals surface area (Å²) >= 11 is 8.89.